The van der Waals surface area contributed by atoms with Gasteiger partial charge in [-0.2, -0.15) is 0 Å². The lowest BCUT2D eigenvalue weighted by Gasteiger charge is -2.37. The minimum absolute atomic E-state index is 0.000116. The SMILES string of the molecule is CC(C)NC(=O)C1CC(C)(F)C1. The van der Waals surface area contributed by atoms with Gasteiger partial charge in [0.1, 0.15) is 5.67 Å². The Bertz CT molecular complexity index is 181. The van der Waals surface area contributed by atoms with Gasteiger partial charge in [0.05, 0.1) is 0 Å². The van der Waals surface area contributed by atoms with Crippen LogP contribution in [0.1, 0.15) is 33.6 Å². The molecule has 0 heterocycles. The molecule has 0 spiro atoms. The highest BCUT2D eigenvalue weighted by Gasteiger charge is 2.44. The molecule has 0 atom stereocenters. The fraction of sp³-hybridized carbons (Fsp3) is 0.889. The lowest BCUT2D eigenvalue weighted by molar-refractivity contribution is -0.133. The molecular formula is C9H16FNO. The smallest absolute Gasteiger partial charge is 0.223 e. The lowest BCUT2D eigenvalue weighted by Crippen LogP contribution is -2.47. The van der Waals surface area contributed by atoms with E-state index in [1.54, 1.807) is 6.92 Å². The molecule has 1 fully saturated rings. The third kappa shape index (κ3) is 2.19. The van der Waals surface area contributed by atoms with Crippen LogP contribution in [0.3, 0.4) is 0 Å². The molecule has 1 N–H and O–H groups in total. The fourth-order valence-corrected chi connectivity index (χ4v) is 1.56. The Balaban J connectivity index is 2.29. The van der Waals surface area contributed by atoms with Crippen LogP contribution in [-0.4, -0.2) is 17.6 Å². The molecule has 0 radical (unpaired) electrons. The highest BCUT2D eigenvalue weighted by Crippen LogP contribution is 2.40. The molecular weight excluding hydrogens is 157 g/mol. The van der Waals surface area contributed by atoms with Crippen molar-refractivity contribution in [1.82, 2.24) is 5.32 Å². The van der Waals surface area contributed by atoms with Crippen LogP contribution in [0.25, 0.3) is 0 Å². The summed E-state index contributed by atoms with van der Waals surface area (Å²) in [6.07, 6.45) is 0.761. The van der Waals surface area contributed by atoms with Crippen molar-refractivity contribution in [3.05, 3.63) is 0 Å². The molecule has 0 aromatic rings. The summed E-state index contributed by atoms with van der Waals surface area (Å²) < 4.78 is 13.0. The summed E-state index contributed by atoms with van der Waals surface area (Å²) >= 11 is 0. The highest BCUT2D eigenvalue weighted by molar-refractivity contribution is 5.80. The van der Waals surface area contributed by atoms with Gasteiger partial charge in [0.25, 0.3) is 0 Å². The molecule has 0 aromatic carbocycles. The van der Waals surface area contributed by atoms with Crippen molar-refractivity contribution in [3.63, 3.8) is 0 Å². The maximum atomic E-state index is 13.0. The summed E-state index contributed by atoms with van der Waals surface area (Å²) in [7, 11) is 0. The molecule has 70 valence electrons. The van der Waals surface area contributed by atoms with Crippen molar-refractivity contribution in [1.29, 1.82) is 0 Å². The summed E-state index contributed by atoms with van der Waals surface area (Å²) in [4.78, 5) is 11.2. The summed E-state index contributed by atoms with van der Waals surface area (Å²) in [5.74, 6) is -0.0949. The standard InChI is InChI=1S/C9H16FNO/c1-6(2)11-8(12)7-4-9(3,10)5-7/h6-7H,4-5H2,1-3H3,(H,11,12). The van der Waals surface area contributed by atoms with E-state index in [1.807, 2.05) is 13.8 Å². The van der Waals surface area contributed by atoms with Crippen LogP contribution in [0.5, 0.6) is 0 Å². The molecule has 0 saturated heterocycles. The third-order valence-electron chi connectivity index (χ3n) is 2.15. The summed E-state index contributed by atoms with van der Waals surface area (Å²) in [5, 5.41) is 2.78. The summed E-state index contributed by atoms with van der Waals surface area (Å²) in [5.41, 5.74) is -1.10. The molecule has 0 aromatic heterocycles. The quantitative estimate of drug-likeness (QED) is 0.676. The number of hydrogen-bond acceptors (Lipinski definition) is 1. The highest BCUT2D eigenvalue weighted by atomic mass is 19.1. The van der Waals surface area contributed by atoms with Crippen molar-refractivity contribution >= 4 is 5.91 Å². The minimum atomic E-state index is -1.10. The zero-order valence-corrected chi connectivity index (χ0v) is 7.86. The van der Waals surface area contributed by atoms with Gasteiger partial charge in [-0.3, -0.25) is 4.79 Å². The van der Waals surface area contributed by atoms with E-state index in [0.717, 1.165) is 0 Å². The normalized spacial score (nSPS) is 34.6. The topological polar surface area (TPSA) is 29.1 Å². The number of rotatable bonds is 2. The second-order valence-electron chi connectivity index (χ2n) is 4.18. The Morgan fingerprint density at radius 2 is 2.08 bits per heavy atom. The predicted molar refractivity (Wildman–Crippen MR) is 45.5 cm³/mol. The van der Waals surface area contributed by atoms with Gasteiger partial charge in [-0.15, -0.1) is 0 Å². The molecule has 1 aliphatic rings. The number of hydrogen-bond donors (Lipinski definition) is 1. The first-order valence-electron chi connectivity index (χ1n) is 4.40. The number of nitrogens with one attached hydrogen (secondary N) is 1. The van der Waals surface area contributed by atoms with E-state index in [-0.39, 0.29) is 17.9 Å². The van der Waals surface area contributed by atoms with Crippen LogP contribution in [0.4, 0.5) is 4.39 Å². The van der Waals surface area contributed by atoms with Crippen LogP contribution >= 0.6 is 0 Å². The van der Waals surface area contributed by atoms with Crippen molar-refractivity contribution < 1.29 is 9.18 Å². The number of carbonyl (C=O) groups is 1. The first-order chi connectivity index (χ1) is 5.41. The summed E-state index contributed by atoms with van der Waals surface area (Å²) in [6, 6.07) is 0.156. The number of halogens is 1. The maximum Gasteiger partial charge on any atom is 0.223 e. The molecule has 12 heavy (non-hydrogen) atoms. The molecule has 0 bridgehead atoms. The summed E-state index contributed by atoms with van der Waals surface area (Å²) in [6.45, 7) is 5.36. The van der Waals surface area contributed by atoms with Gasteiger partial charge in [0.2, 0.25) is 5.91 Å². The average Bonchev–Trinajstić information content (AvgIpc) is 1.80. The van der Waals surface area contributed by atoms with Crippen LogP contribution < -0.4 is 5.32 Å². The molecule has 1 aliphatic carbocycles. The number of alkyl halides is 1. The van der Waals surface area contributed by atoms with Gasteiger partial charge in [-0.05, 0) is 33.6 Å². The second kappa shape index (κ2) is 3.04. The fourth-order valence-electron chi connectivity index (χ4n) is 1.56. The van der Waals surface area contributed by atoms with Crippen molar-refractivity contribution in [3.8, 4) is 0 Å². The molecule has 1 saturated carbocycles. The first kappa shape index (κ1) is 9.49. The van der Waals surface area contributed by atoms with Gasteiger partial charge in [0.15, 0.2) is 0 Å². The van der Waals surface area contributed by atoms with E-state index in [1.165, 1.54) is 0 Å². The lowest BCUT2D eigenvalue weighted by atomic mass is 9.73. The van der Waals surface area contributed by atoms with Crippen LogP contribution in [0, 0.1) is 5.92 Å². The first-order valence-corrected chi connectivity index (χ1v) is 4.40. The molecule has 1 rings (SSSR count). The average molecular weight is 173 g/mol. The van der Waals surface area contributed by atoms with E-state index in [2.05, 4.69) is 5.32 Å². The Hall–Kier alpha value is -0.600. The van der Waals surface area contributed by atoms with Gasteiger partial charge in [0, 0.05) is 12.0 Å². The van der Waals surface area contributed by atoms with Crippen molar-refractivity contribution in [2.75, 3.05) is 0 Å². The Morgan fingerprint density at radius 1 is 1.58 bits per heavy atom. The zero-order valence-electron chi connectivity index (χ0n) is 7.86. The van der Waals surface area contributed by atoms with Crippen LogP contribution in [0.15, 0.2) is 0 Å². The van der Waals surface area contributed by atoms with Crippen LogP contribution in [0.2, 0.25) is 0 Å². The minimum Gasteiger partial charge on any atom is -0.354 e. The number of amides is 1. The molecule has 2 nitrogen and oxygen atoms in total. The van der Waals surface area contributed by atoms with Crippen molar-refractivity contribution in [2.24, 2.45) is 5.92 Å². The van der Waals surface area contributed by atoms with E-state index in [4.69, 9.17) is 0 Å². The largest absolute Gasteiger partial charge is 0.354 e. The van der Waals surface area contributed by atoms with Crippen molar-refractivity contribution in [2.45, 2.75) is 45.3 Å². The molecule has 3 heteroatoms. The predicted octanol–water partition coefficient (Wildman–Crippen LogP) is 1.65. The monoisotopic (exact) mass is 173 g/mol. The van der Waals surface area contributed by atoms with Gasteiger partial charge >= 0.3 is 0 Å². The van der Waals surface area contributed by atoms with Gasteiger partial charge < -0.3 is 5.32 Å². The molecule has 0 aliphatic heterocycles. The molecule has 0 unspecified atom stereocenters. The second-order valence-corrected chi connectivity index (χ2v) is 4.18. The maximum absolute atomic E-state index is 13.0. The number of carbonyl (C=O) groups excluding carboxylic acids is 1. The van der Waals surface area contributed by atoms with Gasteiger partial charge in [-0.1, -0.05) is 0 Å². The van der Waals surface area contributed by atoms with Gasteiger partial charge in [-0.25, -0.2) is 4.39 Å². The molecule has 1 amide bonds. The van der Waals surface area contributed by atoms with Crippen LogP contribution in [-0.2, 0) is 4.79 Å². The van der Waals surface area contributed by atoms with E-state index >= 15 is 0 Å². The Kier molecular flexibility index (Phi) is 2.40. The Morgan fingerprint density at radius 3 is 2.42 bits per heavy atom. The van der Waals surface area contributed by atoms with E-state index < -0.39 is 5.67 Å². The van der Waals surface area contributed by atoms with E-state index in [9.17, 15) is 9.18 Å². The zero-order chi connectivity index (χ0) is 9.35. The van der Waals surface area contributed by atoms with E-state index in [0.29, 0.717) is 12.8 Å². The third-order valence-corrected chi connectivity index (χ3v) is 2.15. The Labute approximate surface area is 72.5 Å².